The van der Waals surface area contributed by atoms with Gasteiger partial charge in [0.25, 0.3) is 0 Å². The molecule has 1 N–H and O–H groups in total. The summed E-state index contributed by atoms with van der Waals surface area (Å²) < 4.78 is 6.49. The summed E-state index contributed by atoms with van der Waals surface area (Å²) in [5, 5.41) is 3.57. The van der Waals surface area contributed by atoms with Crippen LogP contribution in [0.25, 0.3) is 0 Å². The maximum atomic E-state index is 5.39. The fraction of sp³-hybridized carbons (Fsp3) is 0.600. The van der Waals surface area contributed by atoms with Crippen LogP contribution in [0.4, 0.5) is 0 Å². The standard InChI is InChI=1S/C15H23BrN2O/c1-18-7-3-4-12(11-18)9-17-10-13-8-14(16)5-6-15(13)19-2/h5-6,8,12,17H,3-4,7,9-11H2,1-2H3. The highest BCUT2D eigenvalue weighted by Gasteiger charge is 2.16. The van der Waals surface area contributed by atoms with Crippen LogP contribution in [0.5, 0.6) is 5.75 Å². The first-order chi connectivity index (χ1) is 9.19. The summed E-state index contributed by atoms with van der Waals surface area (Å²) in [5.41, 5.74) is 1.21. The van der Waals surface area contributed by atoms with Gasteiger partial charge >= 0.3 is 0 Å². The Bertz CT molecular complexity index is 411. The van der Waals surface area contributed by atoms with Crippen LogP contribution in [0.1, 0.15) is 18.4 Å². The van der Waals surface area contributed by atoms with Gasteiger partial charge in [-0.25, -0.2) is 0 Å². The SMILES string of the molecule is COc1ccc(Br)cc1CNCC1CCCN(C)C1. The summed E-state index contributed by atoms with van der Waals surface area (Å²) >= 11 is 3.51. The van der Waals surface area contributed by atoms with E-state index in [-0.39, 0.29) is 0 Å². The van der Waals surface area contributed by atoms with Crippen LogP contribution < -0.4 is 10.1 Å². The lowest BCUT2D eigenvalue weighted by Crippen LogP contribution is -2.37. The maximum absolute atomic E-state index is 5.39. The summed E-state index contributed by atoms with van der Waals surface area (Å²) in [6, 6.07) is 6.15. The number of benzene rings is 1. The molecule has 106 valence electrons. The van der Waals surface area contributed by atoms with Crippen molar-refractivity contribution in [1.82, 2.24) is 10.2 Å². The third-order valence-corrected chi connectivity index (χ3v) is 4.21. The summed E-state index contributed by atoms with van der Waals surface area (Å²) in [4.78, 5) is 2.43. The van der Waals surface area contributed by atoms with Gasteiger partial charge in [-0.05, 0) is 57.1 Å². The molecule has 0 bridgehead atoms. The molecule has 4 heteroatoms. The summed E-state index contributed by atoms with van der Waals surface area (Å²) in [6.07, 6.45) is 2.66. The number of rotatable bonds is 5. The molecule has 1 aromatic carbocycles. The molecule has 0 aromatic heterocycles. The molecule has 1 aliphatic rings. The van der Waals surface area contributed by atoms with E-state index in [4.69, 9.17) is 4.74 Å². The van der Waals surface area contributed by atoms with E-state index in [1.54, 1.807) is 7.11 Å². The highest BCUT2D eigenvalue weighted by Crippen LogP contribution is 2.23. The molecule has 2 rings (SSSR count). The Morgan fingerprint density at radius 2 is 2.32 bits per heavy atom. The van der Waals surface area contributed by atoms with Gasteiger partial charge in [0.15, 0.2) is 0 Å². The van der Waals surface area contributed by atoms with Crippen molar-refractivity contribution >= 4 is 15.9 Å². The normalized spacial score (nSPS) is 20.5. The topological polar surface area (TPSA) is 24.5 Å². The summed E-state index contributed by atoms with van der Waals surface area (Å²) in [6.45, 7) is 4.40. The molecule has 1 atom stereocenters. The highest BCUT2D eigenvalue weighted by atomic mass is 79.9. The minimum absolute atomic E-state index is 0.775. The number of hydrogen-bond donors (Lipinski definition) is 1. The lowest BCUT2D eigenvalue weighted by molar-refractivity contribution is 0.206. The molecule has 1 aromatic rings. The van der Waals surface area contributed by atoms with Gasteiger partial charge in [0.05, 0.1) is 7.11 Å². The number of piperidine rings is 1. The molecule has 1 saturated heterocycles. The lowest BCUT2D eigenvalue weighted by Gasteiger charge is -2.29. The third kappa shape index (κ3) is 4.48. The van der Waals surface area contributed by atoms with Gasteiger partial charge in [-0.1, -0.05) is 15.9 Å². The maximum Gasteiger partial charge on any atom is 0.123 e. The monoisotopic (exact) mass is 326 g/mol. The smallest absolute Gasteiger partial charge is 0.123 e. The van der Waals surface area contributed by atoms with Crippen LogP contribution in [0.2, 0.25) is 0 Å². The lowest BCUT2D eigenvalue weighted by atomic mass is 9.98. The van der Waals surface area contributed by atoms with Gasteiger partial charge in [0, 0.05) is 23.1 Å². The van der Waals surface area contributed by atoms with Gasteiger partial charge in [0.1, 0.15) is 5.75 Å². The Morgan fingerprint density at radius 1 is 1.47 bits per heavy atom. The van der Waals surface area contributed by atoms with Crippen molar-refractivity contribution in [3.8, 4) is 5.75 Å². The predicted molar refractivity (Wildman–Crippen MR) is 82.6 cm³/mol. The Labute approximate surface area is 124 Å². The first kappa shape index (κ1) is 14.8. The van der Waals surface area contributed by atoms with Crippen LogP contribution in [0.3, 0.4) is 0 Å². The number of nitrogens with zero attached hydrogens (tertiary/aromatic N) is 1. The van der Waals surface area contributed by atoms with E-state index in [1.165, 1.54) is 31.5 Å². The summed E-state index contributed by atoms with van der Waals surface area (Å²) in [5.74, 6) is 1.73. The number of likely N-dealkylation sites (tertiary alicyclic amines) is 1. The second kappa shape index (κ2) is 7.27. The molecule has 1 aliphatic heterocycles. The average Bonchev–Trinajstić information content (AvgIpc) is 2.39. The molecule has 0 radical (unpaired) electrons. The predicted octanol–water partition coefficient (Wildman–Crippen LogP) is 2.89. The van der Waals surface area contributed by atoms with E-state index in [0.29, 0.717) is 0 Å². The van der Waals surface area contributed by atoms with Gasteiger partial charge in [-0.3, -0.25) is 0 Å². The van der Waals surface area contributed by atoms with Crippen LogP contribution in [0.15, 0.2) is 22.7 Å². The molecular weight excluding hydrogens is 304 g/mol. The molecular formula is C15H23BrN2O. The van der Waals surface area contributed by atoms with E-state index in [2.05, 4.69) is 39.3 Å². The zero-order valence-corrected chi connectivity index (χ0v) is 13.4. The van der Waals surface area contributed by atoms with E-state index >= 15 is 0 Å². The zero-order chi connectivity index (χ0) is 13.7. The quantitative estimate of drug-likeness (QED) is 0.900. The largest absolute Gasteiger partial charge is 0.496 e. The fourth-order valence-corrected chi connectivity index (χ4v) is 3.14. The van der Waals surface area contributed by atoms with Crippen LogP contribution >= 0.6 is 15.9 Å². The Balaban J connectivity index is 1.83. The molecule has 19 heavy (non-hydrogen) atoms. The minimum Gasteiger partial charge on any atom is -0.496 e. The zero-order valence-electron chi connectivity index (χ0n) is 11.8. The van der Waals surface area contributed by atoms with E-state index in [9.17, 15) is 0 Å². The van der Waals surface area contributed by atoms with Gasteiger partial charge in [0.2, 0.25) is 0 Å². The molecule has 0 spiro atoms. The van der Waals surface area contributed by atoms with Crippen molar-refractivity contribution in [2.75, 3.05) is 33.8 Å². The van der Waals surface area contributed by atoms with Crippen molar-refractivity contribution in [3.63, 3.8) is 0 Å². The second-order valence-corrected chi connectivity index (χ2v) is 6.27. The molecule has 1 heterocycles. The van der Waals surface area contributed by atoms with Crippen LogP contribution in [-0.2, 0) is 6.54 Å². The third-order valence-electron chi connectivity index (χ3n) is 3.71. The molecule has 0 amide bonds. The van der Waals surface area contributed by atoms with Crippen molar-refractivity contribution in [3.05, 3.63) is 28.2 Å². The Hall–Kier alpha value is -0.580. The summed E-state index contributed by atoms with van der Waals surface area (Å²) in [7, 11) is 3.94. The Kier molecular flexibility index (Phi) is 5.67. The first-order valence-electron chi connectivity index (χ1n) is 6.90. The number of hydrogen-bond acceptors (Lipinski definition) is 3. The van der Waals surface area contributed by atoms with Crippen LogP contribution in [0, 0.1) is 5.92 Å². The van der Waals surface area contributed by atoms with Gasteiger partial charge < -0.3 is 15.0 Å². The van der Waals surface area contributed by atoms with E-state index in [0.717, 1.165) is 29.2 Å². The van der Waals surface area contributed by atoms with E-state index < -0.39 is 0 Å². The number of ether oxygens (including phenoxy) is 1. The average molecular weight is 327 g/mol. The van der Waals surface area contributed by atoms with E-state index in [1.807, 2.05) is 12.1 Å². The van der Waals surface area contributed by atoms with Crippen molar-refractivity contribution < 1.29 is 4.74 Å². The highest BCUT2D eigenvalue weighted by molar-refractivity contribution is 9.10. The first-order valence-corrected chi connectivity index (χ1v) is 7.70. The Morgan fingerprint density at radius 3 is 3.05 bits per heavy atom. The van der Waals surface area contributed by atoms with Gasteiger partial charge in [-0.15, -0.1) is 0 Å². The molecule has 0 saturated carbocycles. The van der Waals surface area contributed by atoms with Gasteiger partial charge in [-0.2, -0.15) is 0 Å². The van der Waals surface area contributed by atoms with Crippen molar-refractivity contribution in [2.24, 2.45) is 5.92 Å². The number of halogens is 1. The number of methoxy groups -OCH3 is 1. The molecule has 3 nitrogen and oxygen atoms in total. The molecule has 1 fully saturated rings. The van der Waals surface area contributed by atoms with Crippen molar-refractivity contribution in [1.29, 1.82) is 0 Å². The number of nitrogens with one attached hydrogen (secondary N) is 1. The van der Waals surface area contributed by atoms with Crippen LogP contribution in [-0.4, -0.2) is 38.7 Å². The van der Waals surface area contributed by atoms with Crippen molar-refractivity contribution in [2.45, 2.75) is 19.4 Å². The molecule has 0 aliphatic carbocycles. The minimum atomic E-state index is 0.775. The molecule has 1 unspecified atom stereocenters. The second-order valence-electron chi connectivity index (χ2n) is 5.36. The fourth-order valence-electron chi connectivity index (χ4n) is 2.74.